The lowest BCUT2D eigenvalue weighted by Crippen LogP contribution is -2.52. The zero-order valence-electron chi connectivity index (χ0n) is 16.4. The minimum Gasteiger partial charge on any atom is -0.491 e. The summed E-state index contributed by atoms with van der Waals surface area (Å²) in [5, 5.41) is 4.21. The second-order valence-corrected chi connectivity index (χ2v) is 7.95. The number of carbonyl (C=O) groups excluding carboxylic acids is 1. The summed E-state index contributed by atoms with van der Waals surface area (Å²) < 4.78 is 7.60. The van der Waals surface area contributed by atoms with Gasteiger partial charge in [-0.2, -0.15) is 0 Å². The van der Waals surface area contributed by atoms with E-state index in [1.54, 1.807) is 12.3 Å². The number of rotatable bonds is 6. The molecule has 4 rings (SSSR count). The molecule has 2 amide bonds. The lowest BCUT2D eigenvalue weighted by atomic mass is 10.3. The molecule has 7 nitrogen and oxygen atoms in total. The monoisotopic (exact) mass is 447 g/mol. The Morgan fingerprint density at radius 2 is 1.87 bits per heavy atom. The van der Waals surface area contributed by atoms with E-state index in [0.717, 1.165) is 31.0 Å². The van der Waals surface area contributed by atoms with E-state index in [9.17, 15) is 4.79 Å². The van der Waals surface area contributed by atoms with Crippen LogP contribution in [0.4, 0.5) is 4.79 Å². The Bertz CT molecular complexity index is 1020. The number of piperazine rings is 1. The molecule has 3 heterocycles. The van der Waals surface area contributed by atoms with Gasteiger partial charge < -0.3 is 19.4 Å². The lowest BCUT2D eigenvalue weighted by Gasteiger charge is -2.34. The van der Waals surface area contributed by atoms with Gasteiger partial charge in [0.05, 0.1) is 22.3 Å². The third-order valence-corrected chi connectivity index (χ3v) is 5.58. The first-order valence-corrected chi connectivity index (χ1v) is 10.6. The predicted octanol–water partition coefficient (Wildman–Crippen LogP) is 3.55. The number of fused-ring (bicyclic) bond motifs is 1. The van der Waals surface area contributed by atoms with E-state index in [1.807, 2.05) is 45.8 Å². The lowest BCUT2D eigenvalue weighted by molar-refractivity contribution is 0.126. The summed E-state index contributed by atoms with van der Waals surface area (Å²) in [5.41, 5.74) is 1.59. The largest absolute Gasteiger partial charge is 0.491 e. The van der Waals surface area contributed by atoms with Gasteiger partial charge in [0, 0.05) is 45.1 Å². The van der Waals surface area contributed by atoms with Crippen molar-refractivity contribution in [3.05, 3.63) is 64.5 Å². The fourth-order valence-corrected chi connectivity index (χ4v) is 3.76. The first-order valence-electron chi connectivity index (χ1n) is 9.84. The molecule has 3 aromatic rings. The van der Waals surface area contributed by atoms with Crippen LogP contribution in [0.15, 0.2) is 48.8 Å². The van der Waals surface area contributed by atoms with E-state index in [1.165, 1.54) is 0 Å². The van der Waals surface area contributed by atoms with Gasteiger partial charge in [0.2, 0.25) is 0 Å². The van der Waals surface area contributed by atoms with Crippen LogP contribution in [-0.2, 0) is 6.54 Å². The van der Waals surface area contributed by atoms with Crippen molar-refractivity contribution < 1.29 is 9.53 Å². The molecule has 9 heteroatoms. The van der Waals surface area contributed by atoms with Crippen LogP contribution in [-0.4, -0.2) is 64.5 Å². The van der Waals surface area contributed by atoms with Crippen LogP contribution in [0.2, 0.25) is 10.0 Å². The van der Waals surface area contributed by atoms with Gasteiger partial charge in [-0.25, -0.2) is 9.78 Å². The third-order valence-electron chi connectivity index (χ3n) is 5.05. The number of nitrogens with one attached hydrogen (secondary N) is 1. The minimum absolute atomic E-state index is 0.0722. The van der Waals surface area contributed by atoms with Gasteiger partial charge in [-0.3, -0.25) is 4.90 Å². The van der Waals surface area contributed by atoms with Crippen molar-refractivity contribution in [2.75, 3.05) is 39.3 Å². The molecule has 1 saturated heterocycles. The molecule has 1 aromatic carbocycles. The van der Waals surface area contributed by atoms with Crippen molar-refractivity contribution in [1.82, 2.24) is 24.5 Å². The quantitative estimate of drug-likeness (QED) is 0.627. The Morgan fingerprint density at radius 3 is 2.67 bits per heavy atom. The van der Waals surface area contributed by atoms with E-state index in [2.05, 4.69) is 15.2 Å². The van der Waals surface area contributed by atoms with Gasteiger partial charge in [-0.15, -0.1) is 0 Å². The number of amides is 2. The van der Waals surface area contributed by atoms with Crippen molar-refractivity contribution >= 4 is 34.9 Å². The average Bonchev–Trinajstić information content (AvgIpc) is 3.16. The number of imidazole rings is 1. The number of pyridine rings is 1. The maximum Gasteiger partial charge on any atom is 0.317 e. The van der Waals surface area contributed by atoms with Gasteiger partial charge >= 0.3 is 6.03 Å². The maximum absolute atomic E-state index is 12.5. The smallest absolute Gasteiger partial charge is 0.317 e. The Balaban J connectivity index is 1.19. The van der Waals surface area contributed by atoms with Crippen LogP contribution < -0.4 is 10.1 Å². The Morgan fingerprint density at radius 1 is 1.07 bits per heavy atom. The van der Waals surface area contributed by atoms with E-state index in [-0.39, 0.29) is 6.03 Å². The number of ether oxygens (including phenoxy) is 1. The third kappa shape index (κ3) is 5.16. The fraction of sp³-hybridized carbons (Fsp3) is 0.333. The number of hydrogen-bond donors (Lipinski definition) is 1. The van der Waals surface area contributed by atoms with Gasteiger partial charge in [-0.05, 0) is 24.3 Å². The number of carbonyl (C=O) groups is 1. The summed E-state index contributed by atoms with van der Waals surface area (Å²) in [7, 11) is 0. The van der Waals surface area contributed by atoms with Gasteiger partial charge in [-0.1, -0.05) is 35.3 Å². The number of nitrogens with zero attached hydrogens (tertiary/aromatic N) is 4. The van der Waals surface area contributed by atoms with Crippen LogP contribution in [0.1, 0.15) is 5.69 Å². The molecule has 2 aromatic heterocycles. The molecular formula is C21H23Cl2N5O2. The normalized spacial score (nSPS) is 14.8. The highest BCUT2D eigenvalue weighted by molar-refractivity contribution is 6.32. The highest BCUT2D eigenvalue weighted by Gasteiger charge is 2.21. The number of urea groups is 1. The average molecular weight is 448 g/mol. The second-order valence-electron chi connectivity index (χ2n) is 7.11. The standard InChI is InChI=1S/C21H23Cl2N5O2/c22-16-5-6-20-25-17(15-28(20)14-16)13-24-21(29)27-9-7-26(8-10-27)11-12-30-19-4-2-1-3-18(19)23/h1-6,14-15H,7-13H2,(H,24,29). The second kappa shape index (κ2) is 9.55. The molecule has 0 aliphatic carbocycles. The summed E-state index contributed by atoms with van der Waals surface area (Å²) in [6.07, 6.45) is 3.67. The minimum atomic E-state index is -0.0722. The van der Waals surface area contributed by atoms with Crippen LogP contribution in [0, 0.1) is 0 Å². The summed E-state index contributed by atoms with van der Waals surface area (Å²) in [5.74, 6) is 0.700. The SMILES string of the molecule is O=C(NCc1cn2cc(Cl)ccc2n1)N1CCN(CCOc2ccccc2Cl)CC1. The number of aromatic nitrogens is 2. The summed E-state index contributed by atoms with van der Waals surface area (Å²) in [6, 6.07) is 11.0. The molecule has 1 N–H and O–H groups in total. The predicted molar refractivity (Wildman–Crippen MR) is 117 cm³/mol. The topological polar surface area (TPSA) is 62.1 Å². The van der Waals surface area contributed by atoms with Crippen LogP contribution in [0.3, 0.4) is 0 Å². The number of benzene rings is 1. The highest BCUT2D eigenvalue weighted by atomic mass is 35.5. The van der Waals surface area contributed by atoms with Gasteiger partial charge in [0.15, 0.2) is 0 Å². The van der Waals surface area contributed by atoms with Crippen molar-refractivity contribution in [3.8, 4) is 5.75 Å². The van der Waals surface area contributed by atoms with E-state index in [0.29, 0.717) is 42.0 Å². The Hall–Kier alpha value is -2.48. The molecule has 0 atom stereocenters. The van der Waals surface area contributed by atoms with E-state index >= 15 is 0 Å². The van der Waals surface area contributed by atoms with Crippen molar-refractivity contribution in [2.24, 2.45) is 0 Å². The summed E-state index contributed by atoms with van der Waals surface area (Å²) in [6.45, 7) is 4.72. The van der Waals surface area contributed by atoms with Crippen molar-refractivity contribution in [2.45, 2.75) is 6.54 Å². The maximum atomic E-state index is 12.5. The van der Waals surface area contributed by atoms with Gasteiger partial charge in [0.25, 0.3) is 0 Å². The summed E-state index contributed by atoms with van der Waals surface area (Å²) >= 11 is 12.1. The molecular weight excluding hydrogens is 425 g/mol. The number of halogens is 2. The van der Waals surface area contributed by atoms with Gasteiger partial charge in [0.1, 0.15) is 18.0 Å². The van der Waals surface area contributed by atoms with Crippen molar-refractivity contribution in [1.29, 1.82) is 0 Å². The first-order chi connectivity index (χ1) is 14.6. The van der Waals surface area contributed by atoms with E-state index < -0.39 is 0 Å². The fourth-order valence-electron chi connectivity index (χ4n) is 3.40. The Labute approximate surface area is 185 Å². The van der Waals surface area contributed by atoms with Crippen molar-refractivity contribution in [3.63, 3.8) is 0 Å². The van der Waals surface area contributed by atoms with Crippen LogP contribution >= 0.6 is 23.2 Å². The Kier molecular flexibility index (Phi) is 6.62. The summed E-state index contributed by atoms with van der Waals surface area (Å²) in [4.78, 5) is 21.1. The molecule has 0 spiro atoms. The number of hydrogen-bond acceptors (Lipinski definition) is 4. The molecule has 0 saturated carbocycles. The molecule has 1 aliphatic rings. The van der Waals surface area contributed by atoms with E-state index in [4.69, 9.17) is 27.9 Å². The molecule has 0 bridgehead atoms. The van der Waals surface area contributed by atoms with Crippen LogP contribution in [0.5, 0.6) is 5.75 Å². The van der Waals surface area contributed by atoms with Crippen LogP contribution in [0.25, 0.3) is 5.65 Å². The molecule has 30 heavy (non-hydrogen) atoms. The number of para-hydroxylation sites is 1. The molecule has 1 fully saturated rings. The molecule has 0 radical (unpaired) electrons. The molecule has 0 unspecified atom stereocenters. The first kappa shape index (κ1) is 20.8. The zero-order valence-corrected chi connectivity index (χ0v) is 17.9. The highest BCUT2D eigenvalue weighted by Crippen LogP contribution is 2.23. The molecule has 1 aliphatic heterocycles. The molecule has 158 valence electrons. The zero-order chi connectivity index (χ0) is 20.9.